The minimum Gasteiger partial charge on any atom is -0.395 e. The van der Waals surface area contributed by atoms with Crippen molar-refractivity contribution in [1.82, 2.24) is 4.90 Å². The summed E-state index contributed by atoms with van der Waals surface area (Å²) in [6, 6.07) is 7.70. The fraction of sp³-hybridized carbons (Fsp3) is 0.438. The van der Waals surface area contributed by atoms with Crippen molar-refractivity contribution in [3.8, 4) is 0 Å². The first-order chi connectivity index (χ1) is 9.93. The molecule has 0 saturated heterocycles. The smallest absolute Gasteiger partial charge is 0.255 e. The van der Waals surface area contributed by atoms with Crippen LogP contribution in [0.25, 0.3) is 6.08 Å². The Morgan fingerprint density at radius 3 is 2.38 bits per heavy atom. The molecule has 0 fully saturated rings. The van der Waals surface area contributed by atoms with Gasteiger partial charge in [0.05, 0.1) is 13.2 Å². The second kappa shape index (κ2) is 8.52. The third kappa shape index (κ3) is 6.04. The second-order valence-electron chi connectivity index (χ2n) is 5.05. The molecule has 0 unspecified atom stereocenters. The van der Waals surface area contributed by atoms with Crippen molar-refractivity contribution >= 4 is 12.0 Å². The highest BCUT2D eigenvalue weighted by molar-refractivity contribution is 5.91. The molecule has 0 bridgehead atoms. The SMILES string of the molecule is CC(C)c1ccc(/C=C/C(=O)N(CCO)CC(F)F)cc1. The molecule has 1 N–H and O–H groups in total. The number of halogens is 2. The maximum Gasteiger partial charge on any atom is 0.255 e. The molecule has 0 aromatic heterocycles. The van der Waals surface area contributed by atoms with Gasteiger partial charge in [0.15, 0.2) is 0 Å². The van der Waals surface area contributed by atoms with Gasteiger partial charge in [-0.05, 0) is 23.1 Å². The number of nitrogens with zero attached hydrogens (tertiary/aromatic N) is 1. The summed E-state index contributed by atoms with van der Waals surface area (Å²) in [6.07, 6.45) is 0.226. The topological polar surface area (TPSA) is 40.5 Å². The Balaban J connectivity index is 2.70. The maximum absolute atomic E-state index is 12.4. The molecule has 1 rings (SSSR count). The second-order valence-corrected chi connectivity index (χ2v) is 5.05. The van der Waals surface area contributed by atoms with Gasteiger partial charge in [-0.25, -0.2) is 8.78 Å². The quantitative estimate of drug-likeness (QED) is 0.786. The summed E-state index contributed by atoms with van der Waals surface area (Å²) < 4.78 is 24.7. The van der Waals surface area contributed by atoms with E-state index in [9.17, 15) is 13.6 Å². The average molecular weight is 297 g/mol. The number of alkyl halides is 2. The lowest BCUT2D eigenvalue weighted by Crippen LogP contribution is -2.36. The summed E-state index contributed by atoms with van der Waals surface area (Å²) >= 11 is 0. The van der Waals surface area contributed by atoms with Gasteiger partial charge in [-0.3, -0.25) is 4.79 Å². The van der Waals surface area contributed by atoms with Crippen LogP contribution in [0.1, 0.15) is 30.9 Å². The number of amides is 1. The van der Waals surface area contributed by atoms with E-state index in [1.165, 1.54) is 11.6 Å². The molecule has 0 aliphatic rings. The standard InChI is InChI=1S/C16H21F2NO2/c1-12(2)14-6-3-13(4-7-14)5-8-16(21)19(9-10-20)11-15(17)18/h3-8,12,15,20H,9-11H2,1-2H3/b8-5+. The fourth-order valence-corrected chi connectivity index (χ4v) is 1.84. The van der Waals surface area contributed by atoms with E-state index in [1.807, 2.05) is 24.3 Å². The molecule has 21 heavy (non-hydrogen) atoms. The number of rotatable bonds is 7. The zero-order chi connectivity index (χ0) is 15.8. The molecule has 1 aromatic carbocycles. The molecule has 1 aromatic rings. The van der Waals surface area contributed by atoms with Gasteiger partial charge in [0, 0.05) is 12.6 Å². The van der Waals surface area contributed by atoms with Crippen molar-refractivity contribution in [2.45, 2.75) is 26.2 Å². The third-order valence-corrected chi connectivity index (χ3v) is 3.06. The molecular formula is C16H21F2NO2. The van der Waals surface area contributed by atoms with Crippen molar-refractivity contribution in [2.24, 2.45) is 0 Å². The minimum atomic E-state index is -2.61. The Morgan fingerprint density at radius 2 is 1.90 bits per heavy atom. The van der Waals surface area contributed by atoms with Gasteiger partial charge in [0.25, 0.3) is 6.43 Å². The van der Waals surface area contributed by atoms with E-state index in [2.05, 4.69) is 13.8 Å². The zero-order valence-electron chi connectivity index (χ0n) is 12.3. The summed E-state index contributed by atoms with van der Waals surface area (Å²) in [6.45, 7) is 3.07. The van der Waals surface area contributed by atoms with Gasteiger partial charge in [0.2, 0.25) is 5.91 Å². The number of hydrogen-bond donors (Lipinski definition) is 1. The first-order valence-electron chi connectivity index (χ1n) is 6.90. The predicted octanol–water partition coefficient (Wildman–Crippen LogP) is 2.91. The molecule has 0 spiro atoms. The van der Waals surface area contributed by atoms with Crippen LogP contribution in [0.5, 0.6) is 0 Å². The lowest BCUT2D eigenvalue weighted by Gasteiger charge is -2.19. The van der Waals surface area contributed by atoms with Crippen molar-refractivity contribution in [3.05, 3.63) is 41.5 Å². The van der Waals surface area contributed by atoms with Crippen LogP contribution in [0.3, 0.4) is 0 Å². The van der Waals surface area contributed by atoms with Crippen molar-refractivity contribution in [3.63, 3.8) is 0 Å². The molecule has 0 aliphatic carbocycles. The van der Waals surface area contributed by atoms with Crippen LogP contribution in [0, 0.1) is 0 Å². The molecule has 3 nitrogen and oxygen atoms in total. The summed E-state index contributed by atoms with van der Waals surface area (Å²) in [7, 11) is 0. The highest BCUT2D eigenvalue weighted by Crippen LogP contribution is 2.15. The van der Waals surface area contributed by atoms with Crippen LogP contribution >= 0.6 is 0 Å². The van der Waals surface area contributed by atoms with Gasteiger partial charge >= 0.3 is 0 Å². The summed E-state index contributed by atoms with van der Waals surface area (Å²) in [5.74, 6) is -0.104. The largest absolute Gasteiger partial charge is 0.395 e. The molecule has 0 atom stereocenters. The number of aliphatic hydroxyl groups is 1. The highest BCUT2D eigenvalue weighted by atomic mass is 19.3. The lowest BCUT2D eigenvalue weighted by atomic mass is 10.0. The molecule has 0 aliphatic heterocycles. The number of carbonyl (C=O) groups is 1. The van der Waals surface area contributed by atoms with E-state index in [-0.39, 0.29) is 13.2 Å². The van der Waals surface area contributed by atoms with Crippen molar-refractivity contribution in [2.75, 3.05) is 19.7 Å². The van der Waals surface area contributed by atoms with Crippen LogP contribution in [0.4, 0.5) is 8.78 Å². The molecule has 116 valence electrons. The summed E-state index contributed by atoms with van der Waals surface area (Å²) in [4.78, 5) is 12.7. The van der Waals surface area contributed by atoms with Gasteiger partial charge in [0.1, 0.15) is 0 Å². The summed E-state index contributed by atoms with van der Waals surface area (Å²) in [5.41, 5.74) is 2.02. The number of aliphatic hydroxyl groups excluding tert-OH is 1. The van der Waals surface area contributed by atoms with Gasteiger partial charge < -0.3 is 10.0 Å². The summed E-state index contributed by atoms with van der Waals surface area (Å²) in [5, 5.41) is 8.80. The van der Waals surface area contributed by atoms with Crippen LogP contribution in [-0.4, -0.2) is 42.0 Å². The molecule has 0 radical (unpaired) electrons. The Labute approximate surface area is 123 Å². The molecular weight excluding hydrogens is 276 g/mol. The first-order valence-corrected chi connectivity index (χ1v) is 6.90. The Bertz CT molecular complexity index is 470. The van der Waals surface area contributed by atoms with Crippen molar-refractivity contribution in [1.29, 1.82) is 0 Å². The predicted molar refractivity (Wildman–Crippen MR) is 79.2 cm³/mol. The number of carbonyl (C=O) groups excluding carboxylic acids is 1. The Morgan fingerprint density at radius 1 is 1.29 bits per heavy atom. The van der Waals surface area contributed by atoms with E-state index >= 15 is 0 Å². The van der Waals surface area contributed by atoms with E-state index < -0.39 is 18.9 Å². The van der Waals surface area contributed by atoms with E-state index in [0.29, 0.717) is 5.92 Å². The average Bonchev–Trinajstić information content (AvgIpc) is 2.44. The normalized spacial score (nSPS) is 11.6. The Kier molecular flexibility index (Phi) is 7.02. The monoisotopic (exact) mass is 297 g/mol. The fourth-order valence-electron chi connectivity index (χ4n) is 1.84. The lowest BCUT2D eigenvalue weighted by molar-refractivity contribution is -0.128. The van der Waals surface area contributed by atoms with Crippen LogP contribution in [-0.2, 0) is 4.79 Å². The van der Waals surface area contributed by atoms with Crippen LogP contribution < -0.4 is 0 Å². The molecule has 0 saturated carbocycles. The van der Waals surface area contributed by atoms with E-state index in [0.717, 1.165) is 10.5 Å². The molecule has 5 heteroatoms. The zero-order valence-corrected chi connectivity index (χ0v) is 12.3. The van der Waals surface area contributed by atoms with E-state index in [1.54, 1.807) is 6.08 Å². The third-order valence-electron chi connectivity index (χ3n) is 3.06. The first kappa shape index (κ1) is 17.3. The van der Waals surface area contributed by atoms with Gasteiger partial charge in [-0.2, -0.15) is 0 Å². The van der Waals surface area contributed by atoms with E-state index in [4.69, 9.17) is 5.11 Å². The van der Waals surface area contributed by atoms with Crippen LogP contribution in [0.15, 0.2) is 30.3 Å². The van der Waals surface area contributed by atoms with Gasteiger partial charge in [-0.15, -0.1) is 0 Å². The van der Waals surface area contributed by atoms with Crippen molar-refractivity contribution < 1.29 is 18.7 Å². The molecule has 0 heterocycles. The Hall–Kier alpha value is -1.75. The number of benzene rings is 1. The highest BCUT2D eigenvalue weighted by Gasteiger charge is 2.15. The number of hydrogen-bond acceptors (Lipinski definition) is 2. The van der Waals surface area contributed by atoms with Crippen LogP contribution in [0.2, 0.25) is 0 Å². The molecule has 1 amide bonds. The maximum atomic E-state index is 12.4. The minimum absolute atomic E-state index is 0.0974. The van der Waals surface area contributed by atoms with Gasteiger partial charge in [-0.1, -0.05) is 38.1 Å².